The Labute approximate surface area is 202 Å². The molecule has 2 heterocycles. The number of benzene rings is 2. The zero-order valence-corrected chi connectivity index (χ0v) is 18.8. The van der Waals surface area contributed by atoms with Crippen molar-refractivity contribution < 1.29 is 14.3 Å². The Balaban J connectivity index is 1.44. The lowest BCUT2D eigenvalue weighted by molar-refractivity contribution is -0.125. The Morgan fingerprint density at radius 3 is 2.46 bits per heavy atom. The Morgan fingerprint density at radius 1 is 1.11 bits per heavy atom. The van der Waals surface area contributed by atoms with Crippen molar-refractivity contribution in [2.24, 2.45) is 5.92 Å². The number of ether oxygens (including phenoxy) is 2. The summed E-state index contributed by atoms with van der Waals surface area (Å²) >= 11 is 0. The van der Waals surface area contributed by atoms with E-state index in [0.717, 1.165) is 12.0 Å². The highest BCUT2D eigenvalue weighted by atomic mass is 16.5. The first kappa shape index (κ1) is 23.3. The second-order valence-electron chi connectivity index (χ2n) is 8.01. The summed E-state index contributed by atoms with van der Waals surface area (Å²) in [7, 11) is 0. The van der Waals surface area contributed by atoms with Gasteiger partial charge in [0.15, 0.2) is 0 Å². The van der Waals surface area contributed by atoms with Crippen LogP contribution in [0.25, 0.3) is 11.1 Å². The summed E-state index contributed by atoms with van der Waals surface area (Å²) in [6.45, 7) is 4.86. The van der Waals surface area contributed by atoms with E-state index in [1.54, 1.807) is 47.4 Å². The van der Waals surface area contributed by atoms with Crippen LogP contribution in [0, 0.1) is 28.6 Å². The number of amides is 1. The van der Waals surface area contributed by atoms with Gasteiger partial charge in [0.1, 0.15) is 35.3 Å². The Morgan fingerprint density at radius 2 is 1.80 bits per heavy atom. The molecule has 174 valence electrons. The van der Waals surface area contributed by atoms with Crippen molar-refractivity contribution in [2.75, 3.05) is 25.4 Å². The lowest BCUT2D eigenvalue weighted by Crippen LogP contribution is -2.30. The second-order valence-corrected chi connectivity index (χ2v) is 8.01. The summed E-state index contributed by atoms with van der Waals surface area (Å²) in [5, 5.41) is 17.8. The number of carbonyl (C=O) groups excluding carboxylic acids is 1. The second kappa shape index (κ2) is 10.4. The normalized spacial score (nSPS) is 14.6. The minimum absolute atomic E-state index is 0.0657. The standard InChI is InChI=1S/C26H22N6O3/c1-17(12-27)26(33)32-11-10-19(14-32)15-34-25-23(24(29)30-16-31-25)20-4-8-22(9-5-20)35-21-6-2-18(13-28)3-7-21/h2-9,16,19H,1,10-11,14-15H2,(H2,29,30,31). The molecular weight excluding hydrogens is 444 g/mol. The molecule has 0 aliphatic carbocycles. The Kier molecular flexibility index (Phi) is 6.89. The molecular formula is C26H22N6O3. The molecule has 1 saturated heterocycles. The average molecular weight is 467 g/mol. The maximum Gasteiger partial charge on any atom is 0.263 e. The first-order chi connectivity index (χ1) is 17.0. The van der Waals surface area contributed by atoms with E-state index in [9.17, 15) is 4.79 Å². The number of nitrogen functional groups attached to an aromatic ring is 1. The maximum absolute atomic E-state index is 12.2. The highest BCUT2D eigenvalue weighted by Gasteiger charge is 2.28. The summed E-state index contributed by atoms with van der Waals surface area (Å²) in [6, 6.07) is 18.0. The predicted octanol–water partition coefficient (Wildman–Crippen LogP) is 3.70. The van der Waals surface area contributed by atoms with Gasteiger partial charge in [0, 0.05) is 19.0 Å². The molecule has 1 aliphatic rings. The minimum atomic E-state index is -0.342. The Hall–Kier alpha value is -4.89. The van der Waals surface area contributed by atoms with Crippen molar-refractivity contribution in [3.8, 4) is 40.6 Å². The Bertz CT molecular complexity index is 1320. The average Bonchev–Trinajstić information content (AvgIpc) is 3.37. The fourth-order valence-electron chi connectivity index (χ4n) is 3.77. The van der Waals surface area contributed by atoms with Gasteiger partial charge < -0.3 is 20.1 Å². The molecule has 0 radical (unpaired) electrons. The molecule has 1 amide bonds. The summed E-state index contributed by atoms with van der Waals surface area (Å²) in [6.07, 6.45) is 2.10. The van der Waals surface area contributed by atoms with Gasteiger partial charge in [-0.15, -0.1) is 0 Å². The first-order valence-electron chi connectivity index (χ1n) is 10.9. The number of hydrogen-bond donors (Lipinski definition) is 1. The third kappa shape index (κ3) is 5.37. The maximum atomic E-state index is 12.2. The van der Waals surface area contributed by atoms with Gasteiger partial charge >= 0.3 is 0 Å². The fourth-order valence-corrected chi connectivity index (χ4v) is 3.77. The quantitative estimate of drug-likeness (QED) is 0.411. The molecule has 9 nitrogen and oxygen atoms in total. The summed E-state index contributed by atoms with van der Waals surface area (Å²) in [4.78, 5) is 22.1. The number of hydrogen-bond acceptors (Lipinski definition) is 8. The van der Waals surface area contributed by atoms with Crippen LogP contribution >= 0.6 is 0 Å². The van der Waals surface area contributed by atoms with Gasteiger partial charge in [-0.1, -0.05) is 18.7 Å². The lowest BCUT2D eigenvalue weighted by atomic mass is 10.1. The number of nitrogens with two attached hydrogens (primary N) is 1. The van der Waals surface area contributed by atoms with Crippen molar-refractivity contribution in [3.63, 3.8) is 0 Å². The number of nitrogens with zero attached hydrogens (tertiary/aromatic N) is 5. The monoisotopic (exact) mass is 466 g/mol. The third-order valence-corrected chi connectivity index (χ3v) is 5.63. The summed E-state index contributed by atoms with van der Waals surface area (Å²) < 4.78 is 11.8. The zero-order valence-electron chi connectivity index (χ0n) is 18.8. The number of rotatable bonds is 7. The van der Waals surface area contributed by atoms with E-state index in [-0.39, 0.29) is 23.2 Å². The van der Waals surface area contributed by atoms with E-state index in [1.807, 2.05) is 12.1 Å². The number of nitriles is 2. The molecule has 35 heavy (non-hydrogen) atoms. The van der Waals surface area contributed by atoms with Crippen molar-refractivity contribution in [1.29, 1.82) is 10.5 Å². The van der Waals surface area contributed by atoms with Crippen LogP contribution in [0.2, 0.25) is 0 Å². The highest BCUT2D eigenvalue weighted by Crippen LogP contribution is 2.34. The molecule has 0 spiro atoms. The number of carbonyl (C=O) groups is 1. The van der Waals surface area contributed by atoms with E-state index >= 15 is 0 Å². The van der Waals surface area contributed by atoms with Crippen LogP contribution in [-0.2, 0) is 4.79 Å². The molecule has 1 unspecified atom stereocenters. The molecule has 1 fully saturated rings. The van der Waals surface area contributed by atoms with Crippen molar-refractivity contribution in [3.05, 3.63) is 72.6 Å². The lowest BCUT2D eigenvalue weighted by Gasteiger charge is -2.17. The molecule has 4 rings (SSSR count). The van der Waals surface area contributed by atoms with Crippen LogP contribution < -0.4 is 15.2 Å². The molecule has 0 bridgehead atoms. The smallest absolute Gasteiger partial charge is 0.263 e. The fraction of sp³-hybridized carbons (Fsp3) is 0.192. The molecule has 2 N–H and O–H groups in total. The van der Waals surface area contributed by atoms with Gasteiger partial charge in [-0.05, 0) is 48.4 Å². The predicted molar refractivity (Wildman–Crippen MR) is 128 cm³/mol. The molecule has 1 aromatic heterocycles. The molecule has 2 aromatic carbocycles. The minimum Gasteiger partial charge on any atom is -0.477 e. The van der Waals surface area contributed by atoms with Crippen LogP contribution in [0.4, 0.5) is 5.82 Å². The van der Waals surface area contributed by atoms with Crippen LogP contribution in [0.3, 0.4) is 0 Å². The number of likely N-dealkylation sites (tertiary alicyclic amines) is 1. The van der Waals surface area contributed by atoms with E-state index in [4.69, 9.17) is 25.7 Å². The number of aromatic nitrogens is 2. The topological polar surface area (TPSA) is 138 Å². The molecule has 1 aliphatic heterocycles. The highest BCUT2D eigenvalue weighted by molar-refractivity contribution is 5.96. The summed E-state index contributed by atoms with van der Waals surface area (Å²) in [5.74, 6) is 1.62. The molecule has 0 saturated carbocycles. The van der Waals surface area contributed by atoms with Crippen LogP contribution in [-0.4, -0.2) is 40.5 Å². The van der Waals surface area contributed by atoms with E-state index in [2.05, 4.69) is 22.6 Å². The van der Waals surface area contributed by atoms with Gasteiger partial charge in [-0.2, -0.15) is 10.5 Å². The third-order valence-electron chi connectivity index (χ3n) is 5.63. The van der Waals surface area contributed by atoms with Gasteiger partial charge in [-0.25, -0.2) is 9.97 Å². The van der Waals surface area contributed by atoms with Gasteiger partial charge in [0.2, 0.25) is 5.88 Å². The largest absolute Gasteiger partial charge is 0.477 e. The molecule has 1 atom stereocenters. The van der Waals surface area contributed by atoms with Crippen molar-refractivity contribution in [1.82, 2.24) is 14.9 Å². The van der Waals surface area contributed by atoms with Gasteiger partial charge in [0.25, 0.3) is 5.91 Å². The number of anilines is 1. The first-order valence-corrected chi connectivity index (χ1v) is 10.9. The van der Waals surface area contributed by atoms with E-state index in [0.29, 0.717) is 48.2 Å². The zero-order chi connectivity index (χ0) is 24.8. The molecule has 3 aromatic rings. The van der Waals surface area contributed by atoms with Gasteiger partial charge in [0.05, 0.1) is 23.8 Å². The van der Waals surface area contributed by atoms with Crippen molar-refractivity contribution >= 4 is 11.7 Å². The van der Waals surface area contributed by atoms with E-state index < -0.39 is 0 Å². The van der Waals surface area contributed by atoms with Crippen LogP contribution in [0.5, 0.6) is 17.4 Å². The van der Waals surface area contributed by atoms with E-state index in [1.165, 1.54) is 6.33 Å². The van der Waals surface area contributed by atoms with Crippen molar-refractivity contribution in [2.45, 2.75) is 6.42 Å². The van der Waals surface area contributed by atoms with Crippen LogP contribution in [0.15, 0.2) is 67.0 Å². The SMILES string of the molecule is C=C(C#N)C(=O)N1CCC(COc2ncnc(N)c2-c2ccc(Oc3ccc(C#N)cc3)cc2)C1. The summed E-state index contributed by atoms with van der Waals surface area (Å²) in [5.41, 5.74) is 7.98. The van der Waals surface area contributed by atoms with Gasteiger partial charge in [-0.3, -0.25) is 4.79 Å². The van der Waals surface area contributed by atoms with Crippen LogP contribution in [0.1, 0.15) is 12.0 Å². The molecule has 9 heteroatoms.